The number of amides is 1. The number of carboxylic acid groups (broad SMARTS) is 1. The van der Waals surface area contributed by atoms with E-state index in [1.54, 1.807) is 30.3 Å². The Hall–Kier alpha value is -2.96. The second kappa shape index (κ2) is 6.04. The van der Waals surface area contributed by atoms with E-state index in [1.807, 2.05) is 0 Å². The molecule has 7 nitrogen and oxygen atoms in total. The minimum atomic E-state index is -1.59. The Labute approximate surface area is 132 Å². The molecule has 0 radical (unpaired) electrons. The fourth-order valence-electron chi connectivity index (χ4n) is 2.58. The number of nitrogens with zero attached hydrogens (tertiary/aromatic N) is 1. The van der Waals surface area contributed by atoms with Crippen molar-refractivity contribution in [2.24, 2.45) is 5.41 Å². The highest BCUT2D eigenvalue weighted by Crippen LogP contribution is 2.42. The average Bonchev–Trinajstić information content (AvgIpc) is 2.49. The van der Waals surface area contributed by atoms with Crippen LogP contribution >= 0.6 is 0 Å². The monoisotopic (exact) mass is 316 g/mol. The van der Waals surface area contributed by atoms with Gasteiger partial charge in [0.1, 0.15) is 11.1 Å². The van der Waals surface area contributed by atoms with E-state index in [0.717, 1.165) is 0 Å². The van der Waals surface area contributed by atoms with Crippen molar-refractivity contribution in [2.75, 3.05) is 0 Å². The third kappa shape index (κ3) is 3.13. The van der Waals surface area contributed by atoms with Crippen molar-refractivity contribution in [2.45, 2.75) is 20.3 Å². The Morgan fingerprint density at radius 1 is 1.30 bits per heavy atom. The SMILES string of the molecule is CC(=O)NC1=C([N+](=O)[O-])C=C(c2ccccc2)CC1(C)C(=O)O. The van der Waals surface area contributed by atoms with Gasteiger partial charge in [-0.15, -0.1) is 0 Å². The van der Waals surface area contributed by atoms with Crippen molar-refractivity contribution < 1.29 is 19.6 Å². The Balaban J connectivity index is 2.68. The van der Waals surface area contributed by atoms with Crippen LogP contribution in [0.2, 0.25) is 0 Å². The van der Waals surface area contributed by atoms with Gasteiger partial charge in [0, 0.05) is 13.0 Å². The zero-order valence-corrected chi connectivity index (χ0v) is 12.7. The van der Waals surface area contributed by atoms with E-state index in [-0.39, 0.29) is 12.1 Å². The van der Waals surface area contributed by atoms with E-state index < -0.39 is 27.9 Å². The lowest BCUT2D eigenvalue weighted by Gasteiger charge is -2.31. The summed E-state index contributed by atoms with van der Waals surface area (Å²) in [4.78, 5) is 33.9. The summed E-state index contributed by atoms with van der Waals surface area (Å²) in [6, 6.07) is 8.86. The number of allylic oxidation sites excluding steroid dienone is 2. The Morgan fingerprint density at radius 3 is 2.39 bits per heavy atom. The zero-order chi connectivity index (χ0) is 17.2. The van der Waals surface area contributed by atoms with Gasteiger partial charge in [0.2, 0.25) is 5.91 Å². The van der Waals surface area contributed by atoms with Gasteiger partial charge in [0.05, 0.1) is 4.92 Å². The lowest BCUT2D eigenvalue weighted by atomic mass is 9.74. The third-order valence-electron chi connectivity index (χ3n) is 3.78. The van der Waals surface area contributed by atoms with Gasteiger partial charge in [0.15, 0.2) is 0 Å². The standard InChI is InChI=1S/C16H16N2O5/c1-10(19)17-14-13(18(22)23)8-12(9-16(14,2)15(20)21)11-6-4-3-5-7-11/h3-8H,9H2,1-2H3,(H,17,19)(H,20,21). The van der Waals surface area contributed by atoms with Crippen molar-refractivity contribution in [1.82, 2.24) is 5.32 Å². The number of benzene rings is 1. The third-order valence-corrected chi connectivity index (χ3v) is 3.78. The maximum Gasteiger partial charge on any atom is 0.315 e. The number of carbonyl (C=O) groups is 2. The number of nitrogens with one attached hydrogen (secondary N) is 1. The summed E-state index contributed by atoms with van der Waals surface area (Å²) in [5.41, 5.74) is -0.941. The van der Waals surface area contributed by atoms with E-state index in [1.165, 1.54) is 19.9 Å². The van der Waals surface area contributed by atoms with E-state index in [2.05, 4.69) is 5.32 Å². The Kier molecular flexibility index (Phi) is 4.31. The van der Waals surface area contributed by atoms with E-state index in [0.29, 0.717) is 11.1 Å². The van der Waals surface area contributed by atoms with Gasteiger partial charge in [-0.25, -0.2) is 0 Å². The lowest BCUT2D eigenvalue weighted by molar-refractivity contribution is -0.421. The van der Waals surface area contributed by atoms with Crippen molar-refractivity contribution in [3.63, 3.8) is 0 Å². The van der Waals surface area contributed by atoms with Gasteiger partial charge < -0.3 is 10.4 Å². The van der Waals surface area contributed by atoms with Crippen LogP contribution < -0.4 is 5.32 Å². The molecule has 0 aromatic heterocycles. The van der Waals surface area contributed by atoms with Crippen LogP contribution in [0.15, 0.2) is 47.8 Å². The maximum absolute atomic E-state index is 11.8. The minimum absolute atomic E-state index is 0.0410. The molecule has 0 saturated heterocycles. The zero-order valence-electron chi connectivity index (χ0n) is 12.7. The first kappa shape index (κ1) is 16.4. The van der Waals surface area contributed by atoms with Gasteiger partial charge in [0.25, 0.3) is 5.70 Å². The number of carbonyl (C=O) groups excluding carboxylic acids is 1. The highest BCUT2D eigenvalue weighted by atomic mass is 16.6. The van der Waals surface area contributed by atoms with Crippen molar-refractivity contribution in [3.05, 3.63) is 63.5 Å². The van der Waals surface area contributed by atoms with E-state index in [4.69, 9.17) is 0 Å². The van der Waals surface area contributed by atoms with Gasteiger partial charge in [-0.05, 0) is 24.5 Å². The highest BCUT2D eigenvalue weighted by Gasteiger charge is 2.46. The summed E-state index contributed by atoms with van der Waals surface area (Å²) in [6.45, 7) is 2.56. The average molecular weight is 316 g/mol. The molecular formula is C16H16N2O5. The molecule has 120 valence electrons. The molecular weight excluding hydrogens is 300 g/mol. The van der Waals surface area contributed by atoms with Gasteiger partial charge in [-0.2, -0.15) is 0 Å². The quantitative estimate of drug-likeness (QED) is 0.653. The summed E-state index contributed by atoms with van der Waals surface area (Å²) in [5, 5.41) is 23.3. The number of carboxylic acids is 1. The highest BCUT2D eigenvalue weighted by molar-refractivity contribution is 5.87. The fraction of sp³-hybridized carbons (Fsp3) is 0.250. The molecule has 0 fully saturated rings. The van der Waals surface area contributed by atoms with Crippen LogP contribution in [-0.4, -0.2) is 21.9 Å². The molecule has 0 heterocycles. The molecule has 1 atom stereocenters. The summed E-state index contributed by atoms with van der Waals surface area (Å²) in [5.74, 6) is -1.79. The van der Waals surface area contributed by atoms with Crippen molar-refractivity contribution in [3.8, 4) is 0 Å². The molecule has 7 heteroatoms. The minimum Gasteiger partial charge on any atom is -0.481 e. The van der Waals surface area contributed by atoms with Crippen LogP contribution in [0.4, 0.5) is 0 Å². The van der Waals surface area contributed by atoms with E-state index in [9.17, 15) is 24.8 Å². The number of rotatable bonds is 4. The second-order valence-corrected chi connectivity index (χ2v) is 5.55. The second-order valence-electron chi connectivity index (χ2n) is 5.55. The van der Waals surface area contributed by atoms with Crippen LogP contribution in [0.25, 0.3) is 5.57 Å². The van der Waals surface area contributed by atoms with Crippen LogP contribution in [-0.2, 0) is 9.59 Å². The predicted octanol–water partition coefficient (Wildman–Crippen LogP) is 2.19. The molecule has 0 spiro atoms. The first-order valence-corrected chi connectivity index (χ1v) is 6.92. The first-order chi connectivity index (χ1) is 10.8. The fourth-order valence-corrected chi connectivity index (χ4v) is 2.58. The van der Waals surface area contributed by atoms with Crippen LogP contribution in [0.1, 0.15) is 25.8 Å². The lowest BCUT2D eigenvalue weighted by Crippen LogP contribution is -2.41. The van der Waals surface area contributed by atoms with Crippen LogP contribution in [0.3, 0.4) is 0 Å². The van der Waals surface area contributed by atoms with Gasteiger partial charge >= 0.3 is 5.97 Å². The summed E-state index contributed by atoms with van der Waals surface area (Å²) >= 11 is 0. The molecule has 0 aliphatic heterocycles. The number of aliphatic carboxylic acids is 1. The number of hydrogen-bond acceptors (Lipinski definition) is 4. The molecule has 0 bridgehead atoms. The summed E-state index contributed by atoms with van der Waals surface area (Å²) < 4.78 is 0. The van der Waals surface area contributed by atoms with Crippen LogP contribution in [0, 0.1) is 15.5 Å². The molecule has 1 aromatic rings. The van der Waals surface area contributed by atoms with E-state index >= 15 is 0 Å². The van der Waals surface area contributed by atoms with Crippen LogP contribution in [0.5, 0.6) is 0 Å². The molecule has 1 aliphatic carbocycles. The Bertz CT molecular complexity index is 736. The maximum atomic E-state index is 11.8. The molecule has 2 rings (SSSR count). The molecule has 23 heavy (non-hydrogen) atoms. The normalized spacial score (nSPS) is 20.7. The van der Waals surface area contributed by atoms with Gasteiger partial charge in [-0.1, -0.05) is 30.3 Å². The molecule has 2 N–H and O–H groups in total. The predicted molar refractivity (Wildman–Crippen MR) is 82.6 cm³/mol. The summed E-state index contributed by atoms with van der Waals surface area (Å²) in [6.07, 6.45) is 1.37. The van der Waals surface area contributed by atoms with Gasteiger partial charge in [-0.3, -0.25) is 19.7 Å². The van der Waals surface area contributed by atoms with Crippen molar-refractivity contribution >= 4 is 17.4 Å². The smallest absolute Gasteiger partial charge is 0.315 e. The topological polar surface area (TPSA) is 110 Å². The largest absolute Gasteiger partial charge is 0.481 e. The molecule has 1 aromatic carbocycles. The summed E-state index contributed by atoms with van der Waals surface area (Å²) in [7, 11) is 0. The first-order valence-electron chi connectivity index (χ1n) is 6.92. The number of nitro groups is 1. The molecule has 1 amide bonds. The molecule has 1 unspecified atom stereocenters. The molecule has 1 aliphatic rings. The Morgan fingerprint density at radius 2 is 1.91 bits per heavy atom. The number of hydrogen-bond donors (Lipinski definition) is 2. The molecule has 0 saturated carbocycles. The van der Waals surface area contributed by atoms with Crippen molar-refractivity contribution in [1.29, 1.82) is 0 Å².